The zero-order chi connectivity index (χ0) is 35.6. The van der Waals surface area contributed by atoms with E-state index in [0.29, 0.717) is 12.8 Å². The number of unbranched alkanes of at least 4 members (excludes halogenated alkanes) is 30. The van der Waals surface area contributed by atoms with Crippen molar-refractivity contribution in [3.8, 4) is 0 Å². The highest BCUT2D eigenvalue weighted by Crippen LogP contribution is 2.28. The highest BCUT2D eigenvalue weighted by atomic mass is 16.7. The molecule has 0 aromatic heterocycles. The lowest BCUT2D eigenvalue weighted by atomic mass is 10.0. The van der Waals surface area contributed by atoms with Gasteiger partial charge in [-0.15, -0.1) is 0 Å². The molecule has 0 saturated heterocycles. The van der Waals surface area contributed by atoms with Crippen LogP contribution in [0.25, 0.3) is 0 Å². The fourth-order valence-corrected chi connectivity index (χ4v) is 6.35. The largest absolute Gasteiger partial charge is 0.477 e. The van der Waals surface area contributed by atoms with Crippen molar-refractivity contribution in [1.82, 2.24) is 0 Å². The van der Waals surface area contributed by atoms with Gasteiger partial charge in [0.05, 0.1) is 13.2 Å². The fraction of sp³-hybridized carbons (Fsp3) is 0.950. The third-order valence-corrected chi connectivity index (χ3v) is 9.66. The molecule has 0 saturated carbocycles. The van der Waals surface area contributed by atoms with Crippen molar-refractivity contribution in [3.63, 3.8) is 0 Å². The van der Waals surface area contributed by atoms with Gasteiger partial charge in [-0.3, -0.25) is 0 Å². The van der Waals surface area contributed by atoms with Crippen molar-refractivity contribution < 1.29 is 39.5 Å². The Morgan fingerprint density at radius 1 is 0.354 bits per heavy atom. The monoisotopic (exact) mass is 687 g/mol. The number of aliphatic hydroxyl groups is 2. The molecule has 0 aliphatic rings. The van der Waals surface area contributed by atoms with Gasteiger partial charge in [-0.25, -0.2) is 9.59 Å². The van der Waals surface area contributed by atoms with Gasteiger partial charge in [-0.05, 0) is 12.8 Å². The first kappa shape index (κ1) is 46.8. The molecule has 2 unspecified atom stereocenters. The zero-order valence-corrected chi connectivity index (χ0v) is 31.5. The molecule has 0 fully saturated rings. The molecule has 8 nitrogen and oxygen atoms in total. The molecule has 286 valence electrons. The molecule has 0 aliphatic carbocycles. The average Bonchev–Trinajstić information content (AvgIpc) is 3.07. The maximum absolute atomic E-state index is 11.9. The molecule has 8 heteroatoms. The quantitative estimate of drug-likeness (QED) is 0.0371. The van der Waals surface area contributed by atoms with E-state index in [2.05, 4.69) is 13.8 Å². The zero-order valence-electron chi connectivity index (χ0n) is 31.5. The minimum absolute atomic E-state index is 0.195. The van der Waals surface area contributed by atoms with Gasteiger partial charge in [-0.1, -0.05) is 206 Å². The second kappa shape index (κ2) is 33.0. The standard InChI is InChI=1S/C40H78O8/c1-3-5-7-9-11-13-15-17-19-21-23-25-27-29-31-33-35-47-39(45,37(41)42)40(46,38(43)44)48-36-34-32-30-28-26-24-22-20-18-16-14-12-10-8-6-4-2/h45-46H,3-36H2,1-2H3,(H,41,42)(H,43,44). The number of carboxylic acids is 2. The van der Waals surface area contributed by atoms with Gasteiger partial charge in [0, 0.05) is 0 Å². The predicted molar refractivity (Wildman–Crippen MR) is 196 cm³/mol. The van der Waals surface area contributed by atoms with E-state index in [1.54, 1.807) is 0 Å². The molecular formula is C40H78O8. The van der Waals surface area contributed by atoms with E-state index in [9.17, 15) is 30.0 Å². The number of hydrogen-bond donors (Lipinski definition) is 4. The lowest BCUT2D eigenvalue weighted by molar-refractivity contribution is -0.360. The van der Waals surface area contributed by atoms with E-state index in [1.165, 1.54) is 141 Å². The molecule has 0 heterocycles. The van der Waals surface area contributed by atoms with Gasteiger partial charge in [0.25, 0.3) is 0 Å². The minimum atomic E-state index is -3.40. The third-order valence-electron chi connectivity index (χ3n) is 9.66. The van der Waals surface area contributed by atoms with Gasteiger partial charge in [0.15, 0.2) is 0 Å². The molecule has 0 spiro atoms. The lowest BCUT2D eigenvalue weighted by Gasteiger charge is -2.35. The first-order valence-corrected chi connectivity index (χ1v) is 20.5. The van der Waals surface area contributed by atoms with E-state index >= 15 is 0 Å². The summed E-state index contributed by atoms with van der Waals surface area (Å²) in [6.07, 6.45) is 37.9. The topological polar surface area (TPSA) is 134 Å². The Morgan fingerprint density at radius 3 is 0.688 bits per heavy atom. The lowest BCUT2D eigenvalue weighted by Crippen LogP contribution is -2.66. The van der Waals surface area contributed by atoms with E-state index in [1.807, 2.05) is 0 Å². The fourth-order valence-electron chi connectivity index (χ4n) is 6.35. The van der Waals surface area contributed by atoms with Crippen LogP contribution in [0.2, 0.25) is 0 Å². The third kappa shape index (κ3) is 24.0. The molecular weight excluding hydrogens is 608 g/mol. The maximum Gasteiger partial charge on any atom is 0.371 e. The van der Waals surface area contributed by atoms with Crippen LogP contribution in [0.5, 0.6) is 0 Å². The molecule has 0 aromatic rings. The van der Waals surface area contributed by atoms with E-state index < -0.39 is 23.5 Å². The van der Waals surface area contributed by atoms with Crippen molar-refractivity contribution in [3.05, 3.63) is 0 Å². The minimum Gasteiger partial charge on any atom is -0.477 e. The average molecular weight is 687 g/mol. The number of hydrogen-bond acceptors (Lipinski definition) is 6. The molecule has 2 atom stereocenters. The van der Waals surface area contributed by atoms with Crippen LogP contribution >= 0.6 is 0 Å². The molecule has 0 aromatic carbocycles. The van der Waals surface area contributed by atoms with Crippen LogP contribution in [0.1, 0.15) is 219 Å². The molecule has 0 bridgehead atoms. The normalized spacial score (nSPS) is 14.2. The smallest absolute Gasteiger partial charge is 0.371 e. The molecule has 0 amide bonds. The van der Waals surface area contributed by atoms with Gasteiger partial charge in [-0.2, -0.15) is 0 Å². The van der Waals surface area contributed by atoms with E-state index in [4.69, 9.17) is 9.47 Å². The van der Waals surface area contributed by atoms with Crippen molar-refractivity contribution in [2.75, 3.05) is 13.2 Å². The highest BCUT2D eigenvalue weighted by Gasteiger charge is 2.64. The Kier molecular flexibility index (Phi) is 32.1. The van der Waals surface area contributed by atoms with Gasteiger partial charge in [0.1, 0.15) is 0 Å². The van der Waals surface area contributed by atoms with Crippen LogP contribution in [0.15, 0.2) is 0 Å². The number of carbonyl (C=O) groups is 2. The van der Waals surface area contributed by atoms with Crippen LogP contribution in [0.3, 0.4) is 0 Å². The van der Waals surface area contributed by atoms with Crippen molar-refractivity contribution >= 4 is 11.9 Å². The number of ether oxygens (including phenoxy) is 2. The van der Waals surface area contributed by atoms with Crippen molar-refractivity contribution in [2.45, 2.75) is 231 Å². The van der Waals surface area contributed by atoms with Gasteiger partial charge >= 0.3 is 23.5 Å². The van der Waals surface area contributed by atoms with Crippen LogP contribution in [0.4, 0.5) is 0 Å². The number of carboxylic acid groups (broad SMARTS) is 2. The Hall–Kier alpha value is -1.22. The molecule has 4 N–H and O–H groups in total. The maximum atomic E-state index is 11.9. The molecule has 48 heavy (non-hydrogen) atoms. The Morgan fingerprint density at radius 2 is 0.521 bits per heavy atom. The number of aliphatic carboxylic acids is 2. The second-order valence-corrected chi connectivity index (χ2v) is 14.2. The first-order valence-electron chi connectivity index (χ1n) is 20.5. The summed E-state index contributed by atoms with van der Waals surface area (Å²) in [4.78, 5) is 23.8. The van der Waals surface area contributed by atoms with Gasteiger partial charge < -0.3 is 29.9 Å². The summed E-state index contributed by atoms with van der Waals surface area (Å²) in [5.41, 5.74) is 0. The van der Waals surface area contributed by atoms with Gasteiger partial charge in [0.2, 0.25) is 0 Å². The SMILES string of the molecule is CCCCCCCCCCCCCCCCCCOC(O)(C(=O)O)C(O)(OCCCCCCCCCCCCCCCCCC)C(=O)O. The van der Waals surface area contributed by atoms with E-state index in [0.717, 1.165) is 51.4 Å². The highest BCUT2D eigenvalue weighted by molar-refractivity contribution is 5.88. The van der Waals surface area contributed by atoms with E-state index in [-0.39, 0.29) is 13.2 Å². The number of rotatable bonds is 39. The Bertz CT molecular complexity index is 672. The van der Waals surface area contributed by atoms with Crippen molar-refractivity contribution in [2.24, 2.45) is 0 Å². The van der Waals surface area contributed by atoms with Crippen LogP contribution in [0, 0.1) is 0 Å². The summed E-state index contributed by atoms with van der Waals surface area (Å²) >= 11 is 0. The Balaban J connectivity index is 4.00. The summed E-state index contributed by atoms with van der Waals surface area (Å²) < 4.78 is 10.2. The molecule has 0 radical (unpaired) electrons. The second-order valence-electron chi connectivity index (χ2n) is 14.2. The summed E-state index contributed by atoms with van der Waals surface area (Å²) in [6.45, 7) is 4.11. The predicted octanol–water partition coefficient (Wildman–Crippen LogP) is 11.1. The molecule has 0 aliphatic heterocycles. The summed E-state index contributed by atoms with van der Waals surface area (Å²) in [7, 11) is 0. The summed E-state index contributed by atoms with van der Waals surface area (Å²) in [5.74, 6) is -10.8. The summed E-state index contributed by atoms with van der Waals surface area (Å²) in [6, 6.07) is 0. The first-order chi connectivity index (χ1) is 23.3. The van der Waals surface area contributed by atoms with Crippen LogP contribution in [-0.4, -0.2) is 57.2 Å². The summed E-state index contributed by atoms with van der Waals surface area (Å²) in [5, 5.41) is 40.6. The van der Waals surface area contributed by atoms with Crippen LogP contribution in [-0.2, 0) is 19.1 Å². The van der Waals surface area contributed by atoms with Crippen LogP contribution < -0.4 is 0 Å². The van der Waals surface area contributed by atoms with Crippen molar-refractivity contribution in [1.29, 1.82) is 0 Å². The molecule has 0 rings (SSSR count). The Labute approximate surface area is 295 Å².